The van der Waals surface area contributed by atoms with Crippen LogP contribution in [0, 0.1) is 20.2 Å². The van der Waals surface area contributed by atoms with Crippen LogP contribution in [0.15, 0.2) is 122 Å². The summed E-state index contributed by atoms with van der Waals surface area (Å²) in [5, 5.41) is 22.0. The molecule has 0 amide bonds. The molecule has 216 valence electrons. The minimum atomic E-state index is -0.403. The summed E-state index contributed by atoms with van der Waals surface area (Å²) in [6, 6.07) is 28.7. The van der Waals surface area contributed by atoms with Gasteiger partial charge in [0.2, 0.25) is 0 Å². The van der Waals surface area contributed by atoms with Gasteiger partial charge in [0.25, 0.3) is 11.4 Å². The van der Waals surface area contributed by atoms with Crippen LogP contribution in [0.4, 0.5) is 34.1 Å². The summed E-state index contributed by atoms with van der Waals surface area (Å²) < 4.78 is 6.29. The van der Waals surface area contributed by atoms with Gasteiger partial charge < -0.3 is 24.3 Å². The molecule has 0 aliphatic carbocycles. The number of nitro groups is 2. The van der Waals surface area contributed by atoms with Crippen LogP contribution in [0.5, 0.6) is 11.5 Å². The zero-order valence-electron chi connectivity index (χ0n) is 23.4. The Morgan fingerprint density at radius 2 is 0.884 bits per heavy atom. The van der Waals surface area contributed by atoms with Crippen LogP contribution in [0.2, 0.25) is 0 Å². The normalized spacial score (nSPS) is 17.5. The fourth-order valence-electron chi connectivity index (χ4n) is 5.31. The van der Waals surface area contributed by atoms with Crippen LogP contribution in [0.1, 0.15) is 13.8 Å². The predicted molar refractivity (Wildman–Crippen MR) is 166 cm³/mol. The number of hydrogen-bond donors (Lipinski definition) is 0. The Morgan fingerprint density at radius 3 is 1.23 bits per heavy atom. The molecule has 43 heavy (non-hydrogen) atoms. The highest BCUT2D eigenvalue weighted by Crippen LogP contribution is 2.35. The Hall–Kier alpha value is -5.84. The summed E-state index contributed by atoms with van der Waals surface area (Å²) in [5.41, 5.74) is 3.72. The van der Waals surface area contributed by atoms with Crippen molar-refractivity contribution in [3.63, 3.8) is 0 Å². The zero-order valence-corrected chi connectivity index (χ0v) is 23.4. The van der Waals surface area contributed by atoms with Gasteiger partial charge >= 0.3 is 0 Å². The number of benzene rings is 4. The van der Waals surface area contributed by atoms with E-state index in [0.717, 1.165) is 22.7 Å². The number of nitrogens with zero attached hydrogens (tertiary/aromatic N) is 6. The van der Waals surface area contributed by atoms with E-state index in [0.29, 0.717) is 11.5 Å². The summed E-state index contributed by atoms with van der Waals surface area (Å²) in [5.74, 6) is 1.36. The third-order valence-corrected chi connectivity index (χ3v) is 7.57. The molecule has 0 spiro atoms. The average molecular weight is 577 g/mol. The van der Waals surface area contributed by atoms with Crippen molar-refractivity contribution >= 4 is 34.1 Å². The Labute approximate surface area is 248 Å². The van der Waals surface area contributed by atoms with Gasteiger partial charge in [0, 0.05) is 83.9 Å². The molecule has 6 rings (SSSR count). The van der Waals surface area contributed by atoms with Crippen molar-refractivity contribution in [3.8, 4) is 11.5 Å². The molecule has 0 bridgehead atoms. The quantitative estimate of drug-likeness (QED) is 0.155. The molecule has 0 saturated carbocycles. The molecule has 0 saturated heterocycles. The smallest absolute Gasteiger partial charge is 0.269 e. The number of non-ortho nitro benzene ring substituents is 2. The number of nitro benzene ring substituents is 2. The fraction of sp³-hybridized carbons (Fsp3) is 0.125. The first kappa shape index (κ1) is 27.3. The molecule has 4 aromatic carbocycles. The average Bonchev–Trinajstić information content (AvgIpc) is 3.59. The molecule has 0 N–H and O–H groups in total. The van der Waals surface area contributed by atoms with Crippen molar-refractivity contribution in [1.29, 1.82) is 0 Å². The Morgan fingerprint density at radius 1 is 0.535 bits per heavy atom. The van der Waals surface area contributed by atoms with Gasteiger partial charge in [-0.2, -0.15) is 0 Å². The van der Waals surface area contributed by atoms with E-state index >= 15 is 0 Å². The maximum absolute atomic E-state index is 11.0. The summed E-state index contributed by atoms with van der Waals surface area (Å²) in [6.45, 7) is 4.12. The monoisotopic (exact) mass is 576 g/mol. The minimum absolute atomic E-state index is 0.0535. The van der Waals surface area contributed by atoms with Crippen molar-refractivity contribution in [1.82, 2.24) is 0 Å². The highest BCUT2D eigenvalue weighted by Gasteiger charge is 2.26. The predicted octanol–water partition coefficient (Wildman–Crippen LogP) is 7.58. The maximum Gasteiger partial charge on any atom is 0.269 e. The van der Waals surface area contributed by atoms with Crippen molar-refractivity contribution < 1.29 is 14.6 Å². The number of hydrogen-bond acceptors (Lipinski definition) is 9. The Bertz CT molecular complexity index is 1600. The van der Waals surface area contributed by atoms with E-state index in [1.165, 1.54) is 24.3 Å². The molecule has 0 fully saturated rings. The maximum atomic E-state index is 11.0. The van der Waals surface area contributed by atoms with Crippen molar-refractivity contribution in [2.75, 3.05) is 19.6 Å². The number of rotatable bonds is 8. The topological polar surface area (TPSA) is 108 Å². The van der Waals surface area contributed by atoms with Crippen LogP contribution in [-0.4, -0.2) is 22.2 Å². The van der Waals surface area contributed by atoms with Gasteiger partial charge in [-0.15, -0.1) is 0 Å². The molecule has 11 heteroatoms. The van der Waals surface area contributed by atoms with E-state index in [1.54, 1.807) is 24.3 Å². The standard InChI is InChI=1S/C32H28N6O5/c1-23-33(25-9-13-27(14-10-25)37(39)40)17-19-35(23)29-5-3-7-31(21-29)43-32-8-4-6-30(22-32)36-20-18-34(24(36)2)26-11-15-28(16-12-26)38(41)42/h3-24H,1-2H3. The van der Waals surface area contributed by atoms with E-state index in [1.807, 2.05) is 83.1 Å². The first-order valence-corrected chi connectivity index (χ1v) is 13.7. The van der Waals surface area contributed by atoms with Crippen molar-refractivity contribution in [2.45, 2.75) is 26.2 Å². The van der Waals surface area contributed by atoms with Crippen LogP contribution < -0.4 is 24.3 Å². The molecule has 11 nitrogen and oxygen atoms in total. The first-order valence-electron chi connectivity index (χ1n) is 13.7. The van der Waals surface area contributed by atoms with Crippen LogP contribution in [0.25, 0.3) is 0 Å². The second-order valence-electron chi connectivity index (χ2n) is 10.1. The molecule has 2 aliphatic rings. The van der Waals surface area contributed by atoms with Gasteiger partial charge in [-0.05, 0) is 62.4 Å². The van der Waals surface area contributed by atoms with Crippen molar-refractivity contribution in [2.24, 2.45) is 0 Å². The Balaban J connectivity index is 1.14. The van der Waals surface area contributed by atoms with Gasteiger partial charge in [0.05, 0.1) is 9.85 Å². The number of anilines is 4. The third-order valence-electron chi connectivity index (χ3n) is 7.57. The number of ether oxygens (including phenoxy) is 1. The lowest BCUT2D eigenvalue weighted by Crippen LogP contribution is -2.35. The van der Waals surface area contributed by atoms with Gasteiger partial charge in [0.15, 0.2) is 0 Å². The van der Waals surface area contributed by atoms with E-state index in [-0.39, 0.29) is 23.7 Å². The van der Waals surface area contributed by atoms with E-state index in [2.05, 4.69) is 23.6 Å². The molecule has 2 heterocycles. The highest BCUT2D eigenvalue weighted by molar-refractivity contribution is 5.65. The summed E-state index contributed by atoms with van der Waals surface area (Å²) in [7, 11) is 0. The van der Waals surface area contributed by atoms with Gasteiger partial charge in [-0.25, -0.2) is 0 Å². The summed E-state index contributed by atoms with van der Waals surface area (Å²) in [4.78, 5) is 29.5. The summed E-state index contributed by atoms with van der Waals surface area (Å²) >= 11 is 0. The minimum Gasteiger partial charge on any atom is -0.457 e. The molecule has 2 aliphatic heterocycles. The van der Waals surface area contributed by atoms with Crippen LogP contribution in [-0.2, 0) is 0 Å². The molecule has 2 unspecified atom stereocenters. The highest BCUT2D eigenvalue weighted by atomic mass is 16.6. The van der Waals surface area contributed by atoms with Crippen LogP contribution in [0.3, 0.4) is 0 Å². The zero-order chi connectivity index (χ0) is 30.1. The first-order chi connectivity index (χ1) is 20.8. The molecular formula is C32H28N6O5. The lowest BCUT2D eigenvalue weighted by molar-refractivity contribution is -0.385. The lowest BCUT2D eigenvalue weighted by Gasteiger charge is -2.30. The van der Waals surface area contributed by atoms with Gasteiger partial charge in [-0.3, -0.25) is 20.2 Å². The largest absolute Gasteiger partial charge is 0.457 e. The molecule has 0 aromatic heterocycles. The summed E-state index contributed by atoms with van der Waals surface area (Å²) in [6.07, 6.45) is 7.75. The SMILES string of the molecule is CC1N(c2ccc([N+](=O)[O-])cc2)C=CN1c1cccc(Oc2cccc(N3C=CN(c4ccc([N+](=O)[O-])cc4)C3C)c2)c1. The second-order valence-corrected chi connectivity index (χ2v) is 10.1. The van der Waals surface area contributed by atoms with Gasteiger partial charge in [-0.1, -0.05) is 12.1 Å². The molecule has 4 aromatic rings. The molecule has 0 radical (unpaired) electrons. The van der Waals surface area contributed by atoms with E-state index in [9.17, 15) is 20.2 Å². The van der Waals surface area contributed by atoms with E-state index < -0.39 is 9.85 Å². The Kier molecular flexibility index (Phi) is 7.12. The van der Waals surface area contributed by atoms with Gasteiger partial charge in [0.1, 0.15) is 23.8 Å². The van der Waals surface area contributed by atoms with Crippen LogP contribution >= 0.6 is 0 Å². The second kappa shape index (κ2) is 11.2. The van der Waals surface area contributed by atoms with Crippen molar-refractivity contribution in [3.05, 3.63) is 142 Å². The lowest BCUT2D eigenvalue weighted by atomic mass is 10.2. The fourth-order valence-corrected chi connectivity index (χ4v) is 5.31. The molecular weight excluding hydrogens is 548 g/mol. The van der Waals surface area contributed by atoms with E-state index in [4.69, 9.17) is 4.74 Å². The third kappa shape index (κ3) is 5.43. The molecule has 2 atom stereocenters.